The van der Waals surface area contributed by atoms with Gasteiger partial charge in [-0.3, -0.25) is 0 Å². The highest BCUT2D eigenvalue weighted by atomic mass is 16.5. The number of amides is 1. The number of likely N-dealkylation sites (tertiary alicyclic amines) is 1. The largest absolute Gasteiger partial charge is 0.465 e. The van der Waals surface area contributed by atoms with E-state index in [1.165, 1.54) is 12.0 Å². The second kappa shape index (κ2) is 7.91. The zero-order valence-corrected chi connectivity index (χ0v) is 14.6. The highest BCUT2D eigenvalue weighted by Gasteiger charge is 2.23. The molecule has 3 rings (SSSR count). The first-order valence-corrected chi connectivity index (χ1v) is 8.51. The van der Waals surface area contributed by atoms with Crippen LogP contribution in [0.3, 0.4) is 0 Å². The van der Waals surface area contributed by atoms with Crippen molar-refractivity contribution in [3.8, 4) is 11.5 Å². The standard InChI is InChI=1S/C20H21NO5/c1-25-19(22)16-5-3-7-18(13-16)26-17-6-2-4-15(12-17)14-8-10-21(11-9-14)20(23)24/h2-7,12-14H,8-11H2,1H3,(H,23,24). The van der Waals surface area contributed by atoms with E-state index in [1.807, 2.05) is 24.3 Å². The number of nitrogens with zero attached hydrogens (tertiary/aromatic N) is 1. The van der Waals surface area contributed by atoms with Gasteiger partial charge in [0.1, 0.15) is 11.5 Å². The molecule has 1 saturated heterocycles. The van der Waals surface area contributed by atoms with Gasteiger partial charge in [-0.25, -0.2) is 9.59 Å². The molecule has 0 bridgehead atoms. The van der Waals surface area contributed by atoms with Crippen molar-refractivity contribution >= 4 is 12.1 Å². The maximum Gasteiger partial charge on any atom is 0.407 e. The summed E-state index contributed by atoms with van der Waals surface area (Å²) in [7, 11) is 1.34. The van der Waals surface area contributed by atoms with Crippen LogP contribution in [0.1, 0.15) is 34.7 Å². The van der Waals surface area contributed by atoms with Gasteiger partial charge in [0.25, 0.3) is 0 Å². The molecule has 6 nitrogen and oxygen atoms in total. The Morgan fingerprint density at radius 1 is 1.04 bits per heavy atom. The predicted molar refractivity (Wildman–Crippen MR) is 95.9 cm³/mol. The summed E-state index contributed by atoms with van der Waals surface area (Å²) in [5.74, 6) is 1.15. The van der Waals surface area contributed by atoms with Gasteiger partial charge < -0.3 is 19.5 Å². The van der Waals surface area contributed by atoms with E-state index in [-0.39, 0.29) is 0 Å². The van der Waals surface area contributed by atoms with Crippen molar-refractivity contribution in [3.63, 3.8) is 0 Å². The topological polar surface area (TPSA) is 76.1 Å². The SMILES string of the molecule is COC(=O)c1cccc(Oc2cccc(C3CCN(C(=O)O)CC3)c2)c1. The summed E-state index contributed by atoms with van der Waals surface area (Å²) < 4.78 is 10.6. The van der Waals surface area contributed by atoms with E-state index in [0.717, 1.165) is 18.4 Å². The van der Waals surface area contributed by atoms with Gasteiger partial charge in [0.2, 0.25) is 0 Å². The van der Waals surface area contributed by atoms with Crippen molar-refractivity contribution in [1.29, 1.82) is 0 Å². The highest BCUT2D eigenvalue weighted by Crippen LogP contribution is 2.31. The molecule has 26 heavy (non-hydrogen) atoms. The Labute approximate surface area is 152 Å². The zero-order valence-electron chi connectivity index (χ0n) is 14.6. The van der Waals surface area contributed by atoms with Gasteiger partial charge in [-0.2, -0.15) is 0 Å². The lowest BCUT2D eigenvalue weighted by molar-refractivity contribution is 0.0600. The Kier molecular flexibility index (Phi) is 5.41. The van der Waals surface area contributed by atoms with Gasteiger partial charge in [0.05, 0.1) is 12.7 Å². The summed E-state index contributed by atoms with van der Waals surface area (Å²) >= 11 is 0. The maximum absolute atomic E-state index is 11.6. The number of hydrogen-bond donors (Lipinski definition) is 1. The normalized spacial score (nSPS) is 14.7. The van der Waals surface area contributed by atoms with E-state index in [1.54, 1.807) is 24.3 Å². The van der Waals surface area contributed by atoms with Gasteiger partial charge in [0.15, 0.2) is 0 Å². The highest BCUT2D eigenvalue weighted by molar-refractivity contribution is 5.89. The number of carboxylic acid groups (broad SMARTS) is 1. The Morgan fingerprint density at radius 3 is 2.35 bits per heavy atom. The van der Waals surface area contributed by atoms with Crippen LogP contribution in [0.15, 0.2) is 48.5 Å². The van der Waals surface area contributed by atoms with Crippen LogP contribution in [0.2, 0.25) is 0 Å². The van der Waals surface area contributed by atoms with Crippen molar-refractivity contribution in [2.24, 2.45) is 0 Å². The zero-order chi connectivity index (χ0) is 18.5. The van der Waals surface area contributed by atoms with Crippen LogP contribution in [-0.4, -0.2) is 42.3 Å². The summed E-state index contributed by atoms with van der Waals surface area (Å²) in [6, 6.07) is 14.6. The molecule has 1 aliphatic heterocycles. The molecule has 0 atom stereocenters. The predicted octanol–water partition coefficient (Wildman–Crippen LogP) is 4.12. The minimum atomic E-state index is -0.856. The molecule has 0 unspecified atom stereocenters. The van der Waals surface area contributed by atoms with Crippen molar-refractivity contribution in [1.82, 2.24) is 4.90 Å². The molecule has 1 fully saturated rings. The average molecular weight is 355 g/mol. The fraction of sp³-hybridized carbons (Fsp3) is 0.300. The van der Waals surface area contributed by atoms with Gasteiger partial charge in [-0.05, 0) is 54.7 Å². The molecule has 1 amide bonds. The molecule has 0 aromatic heterocycles. The summed E-state index contributed by atoms with van der Waals surface area (Å²) in [6.45, 7) is 1.10. The minimum absolute atomic E-state index is 0.315. The van der Waals surface area contributed by atoms with Gasteiger partial charge in [-0.15, -0.1) is 0 Å². The molecule has 0 saturated carbocycles. The Bertz CT molecular complexity index is 796. The quantitative estimate of drug-likeness (QED) is 0.835. The Morgan fingerprint density at radius 2 is 1.69 bits per heavy atom. The number of rotatable bonds is 4. The molecular weight excluding hydrogens is 334 g/mol. The van der Waals surface area contributed by atoms with Gasteiger partial charge >= 0.3 is 12.1 Å². The molecular formula is C20H21NO5. The third kappa shape index (κ3) is 4.14. The maximum atomic E-state index is 11.6. The number of ether oxygens (including phenoxy) is 2. The van der Waals surface area contributed by atoms with E-state index in [0.29, 0.717) is 36.1 Å². The van der Waals surface area contributed by atoms with Crippen LogP contribution < -0.4 is 4.74 Å². The number of carbonyl (C=O) groups is 2. The van der Waals surface area contributed by atoms with Crippen molar-refractivity contribution in [2.75, 3.05) is 20.2 Å². The monoisotopic (exact) mass is 355 g/mol. The lowest BCUT2D eigenvalue weighted by atomic mass is 9.89. The van der Waals surface area contributed by atoms with E-state index < -0.39 is 12.1 Å². The van der Waals surface area contributed by atoms with E-state index in [2.05, 4.69) is 0 Å². The van der Waals surface area contributed by atoms with Crippen molar-refractivity contribution in [3.05, 3.63) is 59.7 Å². The number of methoxy groups -OCH3 is 1. The molecule has 0 radical (unpaired) electrons. The van der Waals surface area contributed by atoms with Crippen LogP contribution in [0, 0.1) is 0 Å². The van der Waals surface area contributed by atoms with Gasteiger partial charge in [0, 0.05) is 13.1 Å². The average Bonchev–Trinajstić information content (AvgIpc) is 2.68. The molecule has 2 aromatic rings. The minimum Gasteiger partial charge on any atom is -0.465 e. The number of hydrogen-bond acceptors (Lipinski definition) is 4. The number of carbonyl (C=O) groups excluding carboxylic acids is 1. The molecule has 1 N–H and O–H groups in total. The van der Waals surface area contributed by atoms with Crippen LogP contribution in [0.5, 0.6) is 11.5 Å². The fourth-order valence-electron chi connectivity index (χ4n) is 3.18. The number of esters is 1. The second-order valence-electron chi connectivity index (χ2n) is 6.24. The number of piperidine rings is 1. The van der Waals surface area contributed by atoms with Crippen LogP contribution >= 0.6 is 0 Å². The summed E-state index contributed by atoms with van der Waals surface area (Å²) in [6.07, 6.45) is 0.743. The molecule has 0 spiro atoms. The third-order valence-corrected chi connectivity index (χ3v) is 4.59. The second-order valence-corrected chi connectivity index (χ2v) is 6.24. The van der Waals surface area contributed by atoms with Crippen LogP contribution in [-0.2, 0) is 4.74 Å². The Balaban J connectivity index is 1.70. The molecule has 136 valence electrons. The molecule has 2 aromatic carbocycles. The van der Waals surface area contributed by atoms with E-state index >= 15 is 0 Å². The van der Waals surface area contributed by atoms with Crippen molar-refractivity contribution in [2.45, 2.75) is 18.8 Å². The molecule has 1 heterocycles. The lowest BCUT2D eigenvalue weighted by Crippen LogP contribution is -2.36. The van der Waals surface area contributed by atoms with E-state index in [4.69, 9.17) is 14.6 Å². The summed E-state index contributed by atoms with van der Waals surface area (Å²) in [5, 5.41) is 9.06. The van der Waals surface area contributed by atoms with Crippen LogP contribution in [0.4, 0.5) is 4.79 Å². The first kappa shape index (κ1) is 17.8. The first-order valence-electron chi connectivity index (χ1n) is 8.51. The lowest BCUT2D eigenvalue weighted by Gasteiger charge is -2.30. The van der Waals surface area contributed by atoms with Gasteiger partial charge in [-0.1, -0.05) is 18.2 Å². The molecule has 0 aliphatic carbocycles. The smallest absolute Gasteiger partial charge is 0.407 e. The number of benzene rings is 2. The molecule has 6 heteroatoms. The van der Waals surface area contributed by atoms with Crippen molar-refractivity contribution < 1.29 is 24.2 Å². The first-order chi connectivity index (χ1) is 12.6. The van der Waals surface area contributed by atoms with Crippen LogP contribution in [0.25, 0.3) is 0 Å². The third-order valence-electron chi connectivity index (χ3n) is 4.59. The fourth-order valence-corrected chi connectivity index (χ4v) is 3.18. The summed E-state index contributed by atoms with van der Waals surface area (Å²) in [4.78, 5) is 24.1. The Hall–Kier alpha value is -3.02. The summed E-state index contributed by atoms with van der Waals surface area (Å²) in [5.41, 5.74) is 1.57. The van der Waals surface area contributed by atoms with E-state index in [9.17, 15) is 9.59 Å². The molecule has 1 aliphatic rings.